The molecule has 2 N–H and O–H groups in total. The summed E-state index contributed by atoms with van der Waals surface area (Å²) in [7, 11) is 1.62. The lowest BCUT2D eigenvalue weighted by atomic mass is 10.2. The highest BCUT2D eigenvalue weighted by molar-refractivity contribution is 7.09. The first-order chi connectivity index (χ1) is 13.2. The maximum Gasteiger partial charge on any atom is 0.194 e. The number of phenolic OH excluding ortho intramolecular Hbond substituents is 1. The van der Waals surface area contributed by atoms with Gasteiger partial charge in [-0.1, -0.05) is 6.07 Å². The minimum Gasteiger partial charge on any atom is -0.508 e. The van der Waals surface area contributed by atoms with Gasteiger partial charge in [0.2, 0.25) is 0 Å². The summed E-state index contributed by atoms with van der Waals surface area (Å²) >= 11 is 1.82. The number of guanidine groups is 1. The lowest BCUT2D eigenvalue weighted by Crippen LogP contribution is -2.52. The Morgan fingerprint density at radius 1 is 1.26 bits per heavy atom. The predicted molar refractivity (Wildman–Crippen MR) is 111 cm³/mol. The van der Waals surface area contributed by atoms with Crippen molar-refractivity contribution in [1.82, 2.24) is 15.1 Å². The van der Waals surface area contributed by atoms with Gasteiger partial charge in [-0.25, -0.2) is 4.99 Å². The van der Waals surface area contributed by atoms with Crippen LogP contribution in [0.3, 0.4) is 0 Å². The van der Waals surface area contributed by atoms with Gasteiger partial charge in [-0.3, -0.25) is 4.90 Å². The van der Waals surface area contributed by atoms with Gasteiger partial charge in [-0.2, -0.15) is 0 Å². The summed E-state index contributed by atoms with van der Waals surface area (Å²) in [6.45, 7) is 8.27. The molecule has 1 aliphatic rings. The summed E-state index contributed by atoms with van der Waals surface area (Å²) in [4.78, 5) is 10.9. The molecule has 0 aliphatic carbocycles. The highest BCUT2D eigenvalue weighted by atomic mass is 32.1. The molecule has 1 aromatic heterocycles. The van der Waals surface area contributed by atoms with Crippen molar-refractivity contribution in [1.29, 1.82) is 0 Å². The van der Waals surface area contributed by atoms with Gasteiger partial charge in [-0.15, -0.1) is 11.3 Å². The van der Waals surface area contributed by atoms with E-state index in [0.717, 1.165) is 56.5 Å². The number of nitrogens with zero attached hydrogens (tertiary/aromatic N) is 3. The second-order valence-electron chi connectivity index (χ2n) is 6.51. The molecule has 0 bridgehead atoms. The largest absolute Gasteiger partial charge is 0.508 e. The second kappa shape index (κ2) is 9.62. The first-order valence-corrected chi connectivity index (χ1v) is 10.2. The van der Waals surface area contributed by atoms with E-state index >= 15 is 0 Å². The number of ether oxygens (including phenoxy) is 1. The normalized spacial score (nSPS) is 15.8. The molecule has 6 nitrogen and oxygen atoms in total. The summed E-state index contributed by atoms with van der Waals surface area (Å²) in [5.74, 6) is 1.87. The van der Waals surface area contributed by atoms with Gasteiger partial charge in [0.25, 0.3) is 0 Å². The van der Waals surface area contributed by atoms with Crippen molar-refractivity contribution in [3.8, 4) is 11.5 Å². The fourth-order valence-electron chi connectivity index (χ4n) is 3.14. The number of aromatic hydroxyl groups is 1. The minimum absolute atomic E-state index is 0.246. The molecule has 1 aliphatic heterocycles. The molecule has 146 valence electrons. The lowest BCUT2D eigenvalue weighted by Gasteiger charge is -2.36. The second-order valence-corrected chi connectivity index (χ2v) is 7.54. The number of benzene rings is 1. The van der Waals surface area contributed by atoms with Crippen LogP contribution < -0.4 is 10.1 Å². The zero-order chi connectivity index (χ0) is 19.1. The molecule has 1 aromatic carbocycles. The van der Waals surface area contributed by atoms with Crippen molar-refractivity contribution in [3.05, 3.63) is 46.2 Å². The number of phenols is 1. The van der Waals surface area contributed by atoms with E-state index in [2.05, 4.69) is 39.6 Å². The van der Waals surface area contributed by atoms with E-state index in [1.165, 1.54) is 4.88 Å². The van der Waals surface area contributed by atoms with E-state index in [1.807, 2.05) is 17.4 Å². The average Bonchev–Trinajstić information content (AvgIpc) is 3.20. The van der Waals surface area contributed by atoms with Crippen LogP contribution in [0.4, 0.5) is 0 Å². The zero-order valence-corrected chi connectivity index (χ0v) is 16.8. The van der Waals surface area contributed by atoms with E-state index < -0.39 is 0 Å². The maximum atomic E-state index is 10.1. The van der Waals surface area contributed by atoms with E-state index in [0.29, 0.717) is 6.54 Å². The molecule has 0 radical (unpaired) electrons. The van der Waals surface area contributed by atoms with Crippen molar-refractivity contribution in [2.45, 2.75) is 20.0 Å². The van der Waals surface area contributed by atoms with E-state index in [1.54, 1.807) is 19.2 Å². The molecule has 2 aromatic rings. The third kappa shape index (κ3) is 5.37. The standard InChI is InChI=1S/C20H28N4O2S/c1-3-21-20(22-14-16-13-17(26-2)6-7-19(16)25)24-10-8-23(9-11-24)15-18-5-4-12-27-18/h4-7,12-13,25H,3,8-11,14-15H2,1-2H3,(H,21,22). The molecule has 3 rings (SSSR count). The molecular formula is C20H28N4O2S. The Hall–Kier alpha value is -2.25. The first kappa shape index (κ1) is 19.5. The molecule has 0 spiro atoms. The van der Waals surface area contributed by atoms with Crippen LogP contribution in [-0.4, -0.2) is 60.7 Å². The zero-order valence-electron chi connectivity index (χ0n) is 16.0. The SMILES string of the molecule is CCNC(=NCc1cc(OC)ccc1O)N1CCN(Cc2cccs2)CC1. The van der Waals surface area contributed by atoms with E-state index in [4.69, 9.17) is 9.73 Å². The van der Waals surface area contributed by atoms with Crippen LogP contribution in [0.2, 0.25) is 0 Å². The molecule has 0 saturated carbocycles. The number of rotatable bonds is 6. The summed E-state index contributed by atoms with van der Waals surface area (Å²) in [5, 5.41) is 15.6. The van der Waals surface area contributed by atoms with Crippen LogP contribution in [0, 0.1) is 0 Å². The van der Waals surface area contributed by atoms with Gasteiger partial charge in [0.05, 0.1) is 13.7 Å². The third-order valence-corrected chi connectivity index (χ3v) is 5.51. The Kier molecular flexibility index (Phi) is 6.95. The molecule has 1 fully saturated rings. The number of thiophene rings is 1. The van der Waals surface area contributed by atoms with Gasteiger partial charge in [0.15, 0.2) is 5.96 Å². The molecule has 7 heteroatoms. The smallest absolute Gasteiger partial charge is 0.194 e. The van der Waals surface area contributed by atoms with E-state index in [9.17, 15) is 5.11 Å². The van der Waals surface area contributed by atoms with Crippen LogP contribution in [0.25, 0.3) is 0 Å². The Balaban J connectivity index is 1.61. The Morgan fingerprint density at radius 2 is 2.07 bits per heavy atom. The van der Waals surface area contributed by atoms with Crippen molar-refractivity contribution < 1.29 is 9.84 Å². The van der Waals surface area contributed by atoms with Crippen LogP contribution in [0.1, 0.15) is 17.4 Å². The van der Waals surface area contributed by atoms with Crippen LogP contribution in [0.15, 0.2) is 40.7 Å². The predicted octanol–water partition coefficient (Wildman–Crippen LogP) is 2.75. The van der Waals surface area contributed by atoms with Gasteiger partial charge < -0.3 is 20.1 Å². The summed E-state index contributed by atoms with van der Waals surface area (Å²) < 4.78 is 5.24. The van der Waals surface area contributed by atoms with Crippen LogP contribution in [0.5, 0.6) is 11.5 Å². The lowest BCUT2D eigenvalue weighted by molar-refractivity contribution is 0.173. The molecule has 1 saturated heterocycles. The van der Waals surface area contributed by atoms with Crippen LogP contribution in [-0.2, 0) is 13.1 Å². The fraction of sp³-hybridized carbons (Fsp3) is 0.450. The number of nitrogens with one attached hydrogen (secondary N) is 1. The van der Waals surface area contributed by atoms with Crippen molar-refractivity contribution in [2.24, 2.45) is 4.99 Å². The quantitative estimate of drug-likeness (QED) is 0.589. The Bertz CT molecular complexity index is 740. The number of hydrogen-bond acceptors (Lipinski definition) is 5. The number of hydrogen-bond donors (Lipinski definition) is 2. The van der Waals surface area contributed by atoms with Crippen molar-refractivity contribution in [2.75, 3.05) is 39.8 Å². The first-order valence-electron chi connectivity index (χ1n) is 9.33. The highest BCUT2D eigenvalue weighted by Gasteiger charge is 2.20. The molecular weight excluding hydrogens is 360 g/mol. The topological polar surface area (TPSA) is 60.3 Å². The van der Waals surface area contributed by atoms with Gasteiger partial charge in [-0.05, 0) is 36.6 Å². The Morgan fingerprint density at radius 3 is 2.74 bits per heavy atom. The third-order valence-electron chi connectivity index (χ3n) is 4.65. The summed E-state index contributed by atoms with van der Waals surface area (Å²) in [6.07, 6.45) is 0. The molecule has 0 unspecified atom stereocenters. The van der Waals surface area contributed by atoms with Gasteiger partial charge in [0, 0.05) is 49.7 Å². The molecule has 27 heavy (non-hydrogen) atoms. The van der Waals surface area contributed by atoms with Crippen LogP contribution >= 0.6 is 11.3 Å². The van der Waals surface area contributed by atoms with Gasteiger partial charge in [0.1, 0.15) is 11.5 Å². The average molecular weight is 389 g/mol. The van der Waals surface area contributed by atoms with E-state index in [-0.39, 0.29) is 5.75 Å². The fourth-order valence-corrected chi connectivity index (χ4v) is 3.89. The molecule has 0 amide bonds. The number of methoxy groups -OCH3 is 1. The number of aliphatic imine (C=N–C) groups is 1. The Labute approximate surface area is 165 Å². The molecule has 0 atom stereocenters. The number of piperazine rings is 1. The maximum absolute atomic E-state index is 10.1. The highest BCUT2D eigenvalue weighted by Crippen LogP contribution is 2.23. The monoisotopic (exact) mass is 388 g/mol. The van der Waals surface area contributed by atoms with Crippen molar-refractivity contribution in [3.63, 3.8) is 0 Å². The van der Waals surface area contributed by atoms with Crippen molar-refractivity contribution >= 4 is 17.3 Å². The van der Waals surface area contributed by atoms with Gasteiger partial charge >= 0.3 is 0 Å². The summed E-state index contributed by atoms with van der Waals surface area (Å²) in [5.41, 5.74) is 0.765. The molecule has 2 heterocycles. The minimum atomic E-state index is 0.246. The summed E-state index contributed by atoms with van der Waals surface area (Å²) in [6, 6.07) is 9.55.